The molecule has 1 aromatic heterocycles. The molecule has 2 heterocycles. The number of hydrogen-bond donors (Lipinski definition) is 2. The van der Waals surface area contributed by atoms with E-state index >= 15 is 0 Å². The molecule has 0 aliphatic carbocycles. The van der Waals surface area contributed by atoms with Gasteiger partial charge in [0.2, 0.25) is 11.7 Å². The van der Waals surface area contributed by atoms with Crippen LogP contribution in [0.2, 0.25) is 0 Å². The molecule has 1 aliphatic heterocycles. The van der Waals surface area contributed by atoms with Crippen LogP contribution in [0.15, 0.2) is 28.8 Å². The topological polar surface area (TPSA) is 80.4 Å². The summed E-state index contributed by atoms with van der Waals surface area (Å²) in [5.41, 5.74) is 0.884. The smallest absolute Gasteiger partial charge is 0.246 e. The molecule has 0 saturated carbocycles. The zero-order valence-electron chi connectivity index (χ0n) is 10.4. The van der Waals surface area contributed by atoms with Crippen molar-refractivity contribution in [3.63, 3.8) is 0 Å². The highest BCUT2D eigenvalue weighted by atomic mass is 16.5. The van der Waals surface area contributed by atoms with Crippen molar-refractivity contribution < 1.29 is 14.4 Å². The quantitative estimate of drug-likeness (QED) is 0.821. The van der Waals surface area contributed by atoms with Gasteiger partial charge in [-0.05, 0) is 37.1 Å². The fraction of sp³-hybridized carbons (Fsp3) is 0.385. The van der Waals surface area contributed by atoms with Gasteiger partial charge in [-0.3, -0.25) is 0 Å². The minimum Gasteiger partial charge on any atom is -0.508 e. The summed E-state index contributed by atoms with van der Waals surface area (Å²) < 4.78 is 10.7. The number of ether oxygens (including phenoxy) is 1. The van der Waals surface area contributed by atoms with Crippen LogP contribution in [0.3, 0.4) is 0 Å². The van der Waals surface area contributed by atoms with E-state index in [0.717, 1.165) is 25.1 Å². The molecule has 100 valence electrons. The Labute approximate surface area is 110 Å². The molecular formula is C13H15N3O3. The number of aromatic hydroxyl groups is 1. The number of phenols is 1. The molecule has 1 atom stereocenters. The summed E-state index contributed by atoms with van der Waals surface area (Å²) in [5, 5.41) is 16.3. The molecule has 0 radical (unpaired) electrons. The highest BCUT2D eigenvalue weighted by Gasteiger charge is 2.22. The van der Waals surface area contributed by atoms with E-state index < -0.39 is 0 Å². The van der Waals surface area contributed by atoms with Gasteiger partial charge in [0, 0.05) is 12.3 Å². The van der Waals surface area contributed by atoms with Crippen molar-refractivity contribution >= 4 is 5.69 Å². The summed E-state index contributed by atoms with van der Waals surface area (Å²) in [6, 6.07) is 6.81. The van der Waals surface area contributed by atoms with Crippen LogP contribution < -0.4 is 5.32 Å². The van der Waals surface area contributed by atoms with Gasteiger partial charge in [-0.15, -0.1) is 0 Å². The predicted octanol–water partition coefficient (Wildman–Crippen LogP) is 2.24. The maximum Gasteiger partial charge on any atom is 0.246 e. The molecule has 6 heteroatoms. The summed E-state index contributed by atoms with van der Waals surface area (Å²) in [7, 11) is 0. The van der Waals surface area contributed by atoms with E-state index in [1.165, 1.54) is 0 Å². The first kappa shape index (κ1) is 12.0. The number of phenolic OH excluding ortho intramolecular Hbond substituents is 1. The Morgan fingerprint density at radius 3 is 2.89 bits per heavy atom. The number of hydrogen-bond acceptors (Lipinski definition) is 6. The standard InChI is InChI=1S/C13H15N3O3/c17-10-5-3-9(4-6-10)14-8-12-15-13(16-19-12)11-2-1-7-18-11/h3-6,11,14,17H,1-2,7-8H2. The first-order valence-corrected chi connectivity index (χ1v) is 6.28. The van der Waals surface area contributed by atoms with Gasteiger partial charge in [0.15, 0.2) is 0 Å². The average molecular weight is 261 g/mol. The lowest BCUT2D eigenvalue weighted by atomic mass is 10.2. The number of rotatable bonds is 4. The molecule has 2 N–H and O–H groups in total. The van der Waals surface area contributed by atoms with Crippen molar-refractivity contribution in [3.8, 4) is 5.75 Å². The van der Waals surface area contributed by atoms with E-state index in [-0.39, 0.29) is 11.9 Å². The van der Waals surface area contributed by atoms with Gasteiger partial charge in [0.1, 0.15) is 11.9 Å². The van der Waals surface area contributed by atoms with Crippen LogP contribution in [0.1, 0.15) is 30.7 Å². The second kappa shape index (κ2) is 5.27. The van der Waals surface area contributed by atoms with Crippen LogP contribution in [-0.4, -0.2) is 21.9 Å². The molecule has 1 aromatic carbocycles. The fourth-order valence-corrected chi connectivity index (χ4v) is 2.01. The van der Waals surface area contributed by atoms with Gasteiger partial charge in [0.05, 0.1) is 6.54 Å². The fourth-order valence-electron chi connectivity index (χ4n) is 2.01. The zero-order chi connectivity index (χ0) is 13.1. The predicted molar refractivity (Wildman–Crippen MR) is 67.7 cm³/mol. The SMILES string of the molecule is Oc1ccc(NCc2nc(C3CCCO3)no2)cc1. The molecule has 1 unspecified atom stereocenters. The molecule has 0 amide bonds. The largest absolute Gasteiger partial charge is 0.508 e. The number of aromatic nitrogens is 2. The lowest BCUT2D eigenvalue weighted by Crippen LogP contribution is -2.01. The third-order valence-corrected chi connectivity index (χ3v) is 3.01. The van der Waals surface area contributed by atoms with Gasteiger partial charge >= 0.3 is 0 Å². The van der Waals surface area contributed by atoms with Gasteiger partial charge < -0.3 is 19.7 Å². The summed E-state index contributed by atoms with van der Waals surface area (Å²) in [6.45, 7) is 1.21. The summed E-state index contributed by atoms with van der Waals surface area (Å²) in [4.78, 5) is 4.31. The lowest BCUT2D eigenvalue weighted by Gasteiger charge is -2.03. The average Bonchev–Trinajstić information content (AvgIpc) is 3.09. The summed E-state index contributed by atoms with van der Waals surface area (Å²) >= 11 is 0. The van der Waals surface area contributed by atoms with Crippen LogP contribution >= 0.6 is 0 Å². The molecule has 19 heavy (non-hydrogen) atoms. The Hall–Kier alpha value is -2.08. The number of nitrogens with zero attached hydrogens (tertiary/aromatic N) is 2. The Balaban J connectivity index is 1.59. The molecule has 1 aliphatic rings. The Bertz CT molecular complexity index is 532. The van der Waals surface area contributed by atoms with E-state index in [9.17, 15) is 5.11 Å². The minimum atomic E-state index is -0.0221. The van der Waals surface area contributed by atoms with Crippen LogP contribution in [0.5, 0.6) is 5.75 Å². The third-order valence-electron chi connectivity index (χ3n) is 3.01. The summed E-state index contributed by atoms with van der Waals surface area (Å²) in [6.07, 6.45) is 1.97. The van der Waals surface area contributed by atoms with E-state index in [4.69, 9.17) is 9.26 Å². The van der Waals surface area contributed by atoms with Crippen LogP contribution in [0.25, 0.3) is 0 Å². The van der Waals surface area contributed by atoms with Crippen molar-refractivity contribution in [1.29, 1.82) is 0 Å². The molecular weight excluding hydrogens is 246 g/mol. The van der Waals surface area contributed by atoms with Crippen LogP contribution in [-0.2, 0) is 11.3 Å². The lowest BCUT2D eigenvalue weighted by molar-refractivity contribution is 0.103. The van der Waals surface area contributed by atoms with Crippen molar-refractivity contribution in [2.45, 2.75) is 25.5 Å². The van der Waals surface area contributed by atoms with Crippen molar-refractivity contribution in [2.24, 2.45) is 0 Å². The monoisotopic (exact) mass is 261 g/mol. The number of nitrogens with one attached hydrogen (secondary N) is 1. The Morgan fingerprint density at radius 1 is 1.32 bits per heavy atom. The van der Waals surface area contributed by atoms with Crippen LogP contribution in [0.4, 0.5) is 5.69 Å². The van der Waals surface area contributed by atoms with Gasteiger partial charge in [-0.25, -0.2) is 0 Å². The highest BCUT2D eigenvalue weighted by Crippen LogP contribution is 2.26. The molecule has 3 rings (SSSR count). The first-order valence-electron chi connectivity index (χ1n) is 6.28. The van der Waals surface area contributed by atoms with Crippen LogP contribution in [0, 0.1) is 0 Å². The van der Waals surface area contributed by atoms with Gasteiger partial charge in [-0.1, -0.05) is 5.16 Å². The number of benzene rings is 1. The molecule has 0 bridgehead atoms. The zero-order valence-corrected chi connectivity index (χ0v) is 10.4. The molecule has 6 nitrogen and oxygen atoms in total. The third kappa shape index (κ3) is 2.85. The first-order chi connectivity index (χ1) is 9.31. The maximum absolute atomic E-state index is 9.18. The normalized spacial score (nSPS) is 18.6. The Kier molecular flexibility index (Phi) is 3.33. The van der Waals surface area contributed by atoms with E-state index in [1.807, 2.05) is 0 Å². The Morgan fingerprint density at radius 2 is 2.16 bits per heavy atom. The maximum atomic E-state index is 9.18. The highest BCUT2D eigenvalue weighted by molar-refractivity contribution is 5.45. The minimum absolute atomic E-state index is 0.0221. The van der Waals surface area contributed by atoms with Gasteiger partial charge in [-0.2, -0.15) is 4.98 Å². The van der Waals surface area contributed by atoms with E-state index in [2.05, 4.69) is 15.5 Å². The van der Waals surface area contributed by atoms with Crippen molar-refractivity contribution in [2.75, 3.05) is 11.9 Å². The van der Waals surface area contributed by atoms with Gasteiger partial charge in [0.25, 0.3) is 0 Å². The second-order valence-corrected chi connectivity index (χ2v) is 4.45. The van der Waals surface area contributed by atoms with Crippen molar-refractivity contribution in [3.05, 3.63) is 36.0 Å². The molecule has 2 aromatic rings. The van der Waals surface area contributed by atoms with E-state index in [0.29, 0.717) is 18.3 Å². The van der Waals surface area contributed by atoms with E-state index in [1.54, 1.807) is 24.3 Å². The molecule has 1 saturated heterocycles. The number of anilines is 1. The van der Waals surface area contributed by atoms with Crippen molar-refractivity contribution in [1.82, 2.24) is 10.1 Å². The summed E-state index contributed by atoms with van der Waals surface area (Å²) in [5.74, 6) is 1.39. The molecule has 0 spiro atoms. The second-order valence-electron chi connectivity index (χ2n) is 4.45. The molecule has 1 fully saturated rings.